The monoisotopic (exact) mass is 516 g/mol. The Morgan fingerprint density at radius 3 is 2.21 bits per heavy atom. The normalized spacial score (nSPS) is 17.9. The number of carbonyl (C=O) groups is 2. The molecular weight excluding hydrogens is 484 g/mol. The quantitative estimate of drug-likeness (QED) is 0.367. The summed E-state index contributed by atoms with van der Waals surface area (Å²) in [4.78, 5) is 30.1. The summed E-state index contributed by atoms with van der Waals surface area (Å²) in [6, 6.07) is 32.5. The maximum Gasteiger partial charge on any atom is 0.258 e. The topological polar surface area (TPSA) is 78.7 Å². The lowest BCUT2D eigenvalue weighted by Crippen LogP contribution is -2.48. The van der Waals surface area contributed by atoms with Crippen LogP contribution in [0.5, 0.6) is 0 Å². The highest BCUT2D eigenvalue weighted by Gasteiger charge is 2.40. The molecule has 1 unspecified atom stereocenters. The van der Waals surface area contributed by atoms with Crippen molar-refractivity contribution in [3.63, 3.8) is 0 Å². The van der Waals surface area contributed by atoms with Gasteiger partial charge in [0.1, 0.15) is 6.54 Å². The molecule has 0 fully saturated rings. The van der Waals surface area contributed by atoms with Gasteiger partial charge < -0.3 is 16.0 Å². The lowest BCUT2D eigenvalue weighted by molar-refractivity contribution is -0.117. The molecule has 6 rings (SSSR count). The fraction of sp³-hybridized carbons (Fsp3) is 0.212. The summed E-state index contributed by atoms with van der Waals surface area (Å²) in [5, 5.41) is 3.80. The molecule has 2 heterocycles. The zero-order valence-corrected chi connectivity index (χ0v) is 22.1. The van der Waals surface area contributed by atoms with Crippen LogP contribution < -0.4 is 20.9 Å². The highest BCUT2D eigenvalue weighted by atomic mass is 16.2. The van der Waals surface area contributed by atoms with Crippen LogP contribution >= 0.6 is 0 Å². The summed E-state index contributed by atoms with van der Waals surface area (Å²) in [5.41, 5.74) is 13.2. The van der Waals surface area contributed by atoms with Crippen molar-refractivity contribution in [1.82, 2.24) is 0 Å². The lowest BCUT2D eigenvalue weighted by atomic mass is 9.80. The molecular formula is C33H32N4O2. The van der Waals surface area contributed by atoms with Gasteiger partial charge in [-0.1, -0.05) is 72.3 Å². The largest absolute Gasteiger partial charge is 0.371 e. The Labute approximate surface area is 229 Å². The van der Waals surface area contributed by atoms with E-state index in [2.05, 4.69) is 54.7 Å². The van der Waals surface area contributed by atoms with Gasteiger partial charge in [0, 0.05) is 24.2 Å². The first kappa shape index (κ1) is 24.9. The number of rotatable bonds is 6. The number of hydrogen-bond donors (Lipinski definition) is 2. The summed E-state index contributed by atoms with van der Waals surface area (Å²) >= 11 is 0. The number of anilines is 3. The van der Waals surface area contributed by atoms with Crippen LogP contribution in [-0.2, 0) is 16.8 Å². The van der Waals surface area contributed by atoms with Crippen LogP contribution in [-0.4, -0.2) is 31.4 Å². The van der Waals surface area contributed by atoms with E-state index in [1.807, 2.05) is 54.6 Å². The molecule has 3 N–H and O–H groups in total. The average molecular weight is 517 g/mol. The Bertz CT molecular complexity index is 1500. The second-order valence-electron chi connectivity index (χ2n) is 10.4. The molecule has 6 heteroatoms. The van der Waals surface area contributed by atoms with Crippen molar-refractivity contribution in [2.45, 2.75) is 25.3 Å². The van der Waals surface area contributed by atoms with E-state index >= 15 is 0 Å². The van der Waals surface area contributed by atoms with E-state index in [1.165, 1.54) is 16.7 Å². The second-order valence-corrected chi connectivity index (χ2v) is 10.4. The molecule has 0 radical (unpaired) electrons. The minimum absolute atomic E-state index is 0.00629. The molecule has 1 atom stereocenters. The number of benzene rings is 4. The summed E-state index contributed by atoms with van der Waals surface area (Å²) in [6.45, 7) is 3.14. The zero-order chi connectivity index (χ0) is 27.0. The lowest BCUT2D eigenvalue weighted by Gasteiger charge is -2.36. The van der Waals surface area contributed by atoms with Crippen molar-refractivity contribution in [3.8, 4) is 0 Å². The first-order valence-electron chi connectivity index (χ1n) is 13.5. The molecule has 2 amide bonds. The van der Waals surface area contributed by atoms with Crippen molar-refractivity contribution in [2.24, 2.45) is 5.73 Å². The zero-order valence-electron chi connectivity index (χ0n) is 22.1. The third-order valence-electron chi connectivity index (χ3n) is 7.88. The highest BCUT2D eigenvalue weighted by Crippen LogP contribution is 2.44. The number of aryl methyl sites for hydroxylation is 1. The number of nitrogens with two attached hydrogens (primary N) is 1. The van der Waals surface area contributed by atoms with E-state index in [9.17, 15) is 9.59 Å². The van der Waals surface area contributed by atoms with E-state index in [0.717, 1.165) is 29.0 Å². The van der Waals surface area contributed by atoms with E-state index in [4.69, 9.17) is 5.73 Å². The Morgan fingerprint density at radius 1 is 0.872 bits per heavy atom. The maximum atomic E-state index is 13.7. The molecule has 2 aliphatic rings. The first-order chi connectivity index (χ1) is 19.0. The van der Waals surface area contributed by atoms with E-state index in [1.54, 1.807) is 9.80 Å². The SMILES string of the molecule is Cc1ccc(C2(c3ccc(C(=O)N4CC(=O)N(CCCN)c5ccccc54)cc3)Cc3ccccc3N2)cc1. The fourth-order valence-corrected chi connectivity index (χ4v) is 5.80. The Hall–Kier alpha value is -4.42. The second kappa shape index (κ2) is 10.0. The number of fused-ring (bicyclic) bond motifs is 2. The number of nitrogens with one attached hydrogen (secondary N) is 1. The number of para-hydroxylation sites is 3. The molecule has 2 aliphatic heterocycles. The molecule has 0 spiro atoms. The summed E-state index contributed by atoms with van der Waals surface area (Å²) in [6.07, 6.45) is 1.52. The summed E-state index contributed by atoms with van der Waals surface area (Å²) in [5.74, 6) is -0.286. The van der Waals surface area contributed by atoms with Crippen molar-refractivity contribution in [1.29, 1.82) is 0 Å². The van der Waals surface area contributed by atoms with Crippen LogP contribution in [0.15, 0.2) is 97.1 Å². The molecule has 39 heavy (non-hydrogen) atoms. The molecule has 4 aromatic carbocycles. The van der Waals surface area contributed by atoms with Crippen LogP contribution in [0, 0.1) is 6.92 Å². The number of carbonyl (C=O) groups excluding carboxylic acids is 2. The van der Waals surface area contributed by atoms with E-state index in [0.29, 0.717) is 25.1 Å². The number of amides is 2. The third kappa shape index (κ3) is 4.37. The van der Waals surface area contributed by atoms with Gasteiger partial charge >= 0.3 is 0 Å². The van der Waals surface area contributed by atoms with Crippen LogP contribution in [0.25, 0.3) is 0 Å². The minimum atomic E-state index is -0.434. The minimum Gasteiger partial charge on any atom is -0.371 e. The van der Waals surface area contributed by atoms with Crippen LogP contribution in [0.3, 0.4) is 0 Å². The van der Waals surface area contributed by atoms with Gasteiger partial charge in [-0.15, -0.1) is 0 Å². The highest BCUT2D eigenvalue weighted by molar-refractivity contribution is 6.15. The fourth-order valence-electron chi connectivity index (χ4n) is 5.80. The van der Waals surface area contributed by atoms with Crippen molar-refractivity contribution >= 4 is 28.9 Å². The summed E-state index contributed by atoms with van der Waals surface area (Å²) < 4.78 is 0. The van der Waals surface area contributed by atoms with Crippen LogP contribution in [0.4, 0.5) is 17.1 Å². The van der Waals surface area contributed by atoms with Gasteiger partial charge in [-0.3, -0.25) is 14.5 Å². The van der Waals surface area contributed by atoms with Crippen molar-refractivity contribution in [3.05, 3.63) is 125 Å². The van der Waals surface area contributed by atoms with Crippen molar-refractivity contribution in [2.75, 3.05) is 34.8 Å². The van der Waals surface area contributed by atoms with Gasteiger partial charge in [-0.05, 0) is 66.9 Å². The molecule has 4 aromatic rings. The van der Waals surface area contributed by atoms with Gasteiger partial charge in [0.05, 0.1) is 16.9 Å². The molecule has 0 bridgehead atoms. The Kier molecular flexibility index (Phi) is 6.41. The molecule has 0 aromatic heterocycles. The predicted molar refractivity (Wildman–Crippen MR) is 156 cm³/mol. The molecule has 0 saturated heterocycles. The van der Waals surface area contributed by atoms with E-state index < -0.39 is 5.54 Å². The van der Waals surface area contributed by atoms with Gasteiger partial charge in [0.2, 0.25) is 5.91 Å². The Morgan fingerprint density at radius 2 is 1.51 bits per heavy atom. The van der Waals surface area contributed by atoms with Crippen LogP contribution in [0.1, 0.15) is 39.0 Å². The first-order valence-corrected chi connectivity index (χ1v) is 13.5. The van der Waals surface area contributed by atoms with Gasteiger partial charge in [0.15, 0.2) is 0 Å². The van der Waals surface area contributed by atoms with Gasteiger partial charge in [-0.2, -0.15) is 0 Å². The standard InChI is InChI=1S/C33H32N4O2/c1-23-11-15-26(16-12-23)33(21-25-7-2-3-8-28(25)35-33)27-17-13-24(14-18-27)32(39)37-22-31(38)36(20-6-19-34)29-9-4-5-10-30(29)37/h2-5,7-18,35H,6,19-22,34H2,1H3. The maximum absolute atomic E-state index is 13.7. The molecule has 0 saturated carbocycles. The summed E-state index contributed by atoms with van der Waals surface area (Å²) in [7, 11) is 0. The number of hydrogen-bond acceptors (Lipinski definition) is 4. The van der Waals surface area contributed by atoms with Crippen molar-refractivity contribution < 1.29 is 9.59 Å². The smallest absolute Gasteiger partial charge is 0.258 e. The molecule has 0 aliphatic carbocycles. The van der Waals surface area contributed by atoms with Crippen LogP contribution in [0.2, 0.25) is 0 Å². The van der Waals surface area contributed by atoms with E-state index in [-0.39, 0.29) is 18.4 Å². The molecule has 6 nitrogen and oxygen atoms in total. The molecule has 196 valence electrons. The Balaban J connectivity index is 1.33. The third-order valence-corrected chi connectivity index (χ3v) is 7.88. The predicted octanol–water partition coefficient (Wildman–Crippen LogP) is 5.25. The van der Waals surface area contributed by atoms with Gasteiger partial charge in [-0.25, -0.2) is 0 Å². The van der Waals surface area contributed by atoms with Gasteiger partial charge in [0.25, 0.3) is 5.91 Å². The number of nitrogens with zero attached hydrogens (tertiary/aromatic N) is 2. The average Bonchev–Trinajstić information content (AvgIpc) is 3.37.